The summed E-state index contributed by atoms with van der Waals surface area (Å²) in [6, 6.07) is 0. The van der Waals surface area contributed by atoms with Crippen LogP contribution in [0.4, 0.5) is 0 Å². The maximum Gasteiger partial charge on any atom is 0.115 e. The summed E-state index contributed by atoms with van der Waals surface area (Å²) >= 11 is 0. The summed E-state index contributed by atoms with van der Waals surface area (Å²) in [5, 5.41) is 0. The average molecular weight is 164 g/mol. The second-order valence-electron chi connectivity index (χ2n) is 3.58. The van der Waals surface area contributed by atoms with E-state index in [1.54, 1.807) is 5.57 Å². The van der Waals surface area contributed by atoms with E-state index in [9.17, 15) is 0 Å². The van der Waals surface area contributed by atoms with Crippen molar-refractivity contribution in [2.24, 2.45) is 5.92 Å². The van der Waals surface area contributed by atoms with Crippen LogP contribution in [0.25, 0.3) is 0 Å². The molecule has 0 saturated heterocycles. The zero-order chi connectivity index (χ0) is 8.39. The SMILES string of the molecule is CCOC1=CCC2CCCC2=C1. The van der Waals surface area contributed by atoms with Crippen LogP contribution in [-0.2, 0) is 4.74 Å². The van der Waals surface area contributed by atoms with E-state index < -0.39 is 0 Å². The van der Waals surface area contributed by atoms with Crippen molar-refractivity contribution >= 4 is 0 Å². The average Bonchev–Trinajstić information content (AvgIpc) is 2.51. The minimum atomic E-state index is 0.792. The first-order valence-corrected chi connectivity index (χ1v) is 4.93. The summed E-state index contributed by atoms with van der Waals surface area (Å²) in [5.74, 6) is 1.96. The molecule has 0 aromatic carbocycles. The first kappa shape index (κ1) is 7.90. The molecule has 0 heterocycles. The van der Waals surface area contributed by atoms with Crippen LogP contribution in [0.3, 0.4) is 0 Å². The summed E-state index contributed by atoms with van der Waals surface area (Å²) in [5.41, 5.74) is 1.63. The van der Waals surface area contributed by atoms with E-state index in [0.717, 1.165) is 18.3 Å². The van der Waals surface area contributed by atoms with Crippen LogP contribution in [0, 0.1) is 5.92 Å². The third-order valence-electron chi connectivity index (χ3n) is 2.78. The zero-order valence-electron chi connectivity index (χ0n) is 7.68. The fourth-order valence-electron chi connectivity index (χ4n) is 2.17. The van der Waals surface area contributed by atoms with E-state index in [4.69, 9.17) is 4.74 Å². The summed E-state index contributed by atoms with van der Waals surface area (Å²) in [7, 11) is 0. The molecule has 0 aliphatic heterocycles. The van der Waals surface area contributed by atoms with Gasteiger partial charge in [0.2, 0.25) is 0 Å². The Labute approximate surface area is 74.1 Å². The van der Waals surface area contributed by atoms with E-state index in [2.05, 4.69) is 12.2 Å². The molecule has 0 bridgehead atoms. The number of hydrogen-bond acceptors (Lipinski definition) is 1. The lowest BCUT2D eigenvalue weighted by Crippen LogP contribution is -2.02. The van der Waals surface area contributed by atoms with Crippen molar-refractivity contribution in [3.8, 4) is 0 Å². The Morgan fingerprint density at radius 2 is 2.50 bits per heavy atom. The van der Waals surface area contributed by atoms with Gasteiger partial charge >= 0.3 is 0 Å². The van der Waals surface area contributed by atoms with Crippen LogP contribution < -0.4 is 0 Å². The monoisotopic (exact) mass is 164 g/mol. The molecular formula is C11H16O. The molecule has 0 amide bonds. The predicted octanol–water partition coefficient (Wildman–Crippen LogP) is 3.04. The van der Waals surface area contributed by atoms with Gasteiger partial charge in [-0.25, -0.2) is 0 Å². The van der Waals surface area contributed by atoms with Gasteiger partial charge in [0, 0.05) is 0 Å². The van der Waals surface area contributed by atoms with Crippen molar-refractivity contribution in [1.29, 1.82) is 0 Å². The van der Waals surface area contributed by atoms with Crippen LogP contribution in [0.15, 0.2) is 23.5 Å². The van der Waals surface area contributed by atoms with Gasteiger partial charge in [-0.1, -0.05) is 5.57 Å². The molecule has 2 rings (SSSR count). The fourth-order valence-corrected chi connectivity index (χ4v) is 2.17. The Hall–Kier alpha value is -0.720. The lowest BCUT2D eigenvalue weighted by atomic mass is 9.94. The third kappa shape index (κ3) is 1.40. The van der Waals surface area contributed by atoms with Gasteiger partial charge in [0.1, 0.15) is 5.76 Å². The van der Waals surface area contributed by atoms with E-state index >= 15 is 0 Å². The van der Waals surface area contributed by atoms with Crippen molar-refractivity contribution in [3.63, 3.8) is 0 Å². The zero-order valence-corrected chi connectivity index (χ0v) is 7.68. The van der Waals surface area contributed by atoms with Crippen molar-refractivity contribution in [2.75, 3.05) is 6.61 Å². The highest BCUT2D eigenvalue weighted by Gasteiger charge is 2.22. The van der Waals surface area contributed by atoms with Crippen LogP contribution in [-0.4, -0.2) is 6.61 Å². The normalized spacial score (nSPS) is 27.6. The number of fused-ring (bicyclic) bond motifs is 1. The van der Waals surface area contributed by atoms with Crippen molar-refractivity contribution in [3.05, 3.63) is 23.5 Å². The Bertz CT molecular complexity index is 225. The molecule has 0 aromatic heterocycles. The Balaban J connectivity index is 2.06. The highest BCUT2D eigenvalue weighted by molar-refractivity contribution is 5.27. The van der Waals surface area contributed by atoms with Gasteiger partial charge < -0.3 is 4.74 Å². The summed E-state index contributed by atoms with van der Waals surface area (Å²) in [6.45, 7) is 2.83. The maximum absolute atomic E-state index is 5.48. The first-order chi connectivity index (χ1) is 5.90. The number of rotatable bonds is 2. The number of allylic oxidation sites excluding steroid dienone is 3. The topological polar surface area (TPSA) is 9.23 Å². The highest BCUT2D eigenvalue weighted by atomic mass is 16.5. The highest BCUT2D eigenvalue weighted by Crippen LogP contribution is 2.37. The van der Waals surface area contributed by atoms with Crippen molar-refractivity contribution < 1.29 is 4.74 Å². The molecule has 0 spiro atoms. The lowest BCUT2D eigenvalue weighted by molar-refractivity contribution is 0.238. The first-order valence-electron chi connectivity index (χ1n) is 4.93. The predicted molar refractivity (Wildman–Crippen MR) is 49.8 cm³/mol. The third-order valence-corrected chi connectivity index (χ3v) is 2.78. The second-order valence-corrected chi connectivity index (χ2v) is 3.58. The standard InChI is InChI=1S/C11H16O/c1-2-12-11-7-6-9-4-3-5-10(9)8-11/h7-9H,2-6H2,1H3. The number of ether oxygens (including phenoxy) is 1. The van der Waals surface area contributed by atoms with Gasteiger partial charge in [-0.2, -0.15) is 0 Å². The molecule has 1 heteroatoms. The van der Waals surface area contributed by atoms with Crippen LogP contribution >= 0.6 is 0 Å². The summed E-state index contributed by atoms with van der Waals surface area (Å²) in [6.07, 6.45) is 9.77. The minimum Gasteiger partial charge on any atom is -0.494 e. The van der Waals surface area contributed by atoms with Crippen LogP contribution in [0.2, 0.25) is 0 Å². The molecule has 0 radical (unpaired) electrons. The van der Waals surface area contributed by atoms with Gasteiger partial charge in [0.05, 0.1) is 6.61 Å². The Kier molecular flexibility index (Phi) is 2.20. The molecule has 1 nitrogen and oxygen atoms in total. The summed E-state index contributed by atoms with van der Waals surface area (Å²) < 4.78 is 5.48. The van der Waals surface area contributed by atoms with Gasteiger partial charge in [-0.05, 0) is 50.7 Å². The fraction of sp³-hybridized carbons (Fsp3) is 0.636. The van der Waals surface area contributed by atoms with Gasteiger partial charge in [0.25, 0.3) is 0 Å². The van der Waals surface area contributed by atoms with Crippen LogP contribution in [0.5, 0.6) is 0 Å². The minimum absolute atomic E-state index is 0.792. The molecular weight excluding hydrogens is 148 g/mol. The molecule has 66 valence electrons. The van der Waals surface area contributed by atoms with E-state index in [1.807, 2.05) is 6.92 Å². The smallest absolute Gasteiger partial charge is 0.115 e. The molecule has 2 aliphatic carbocycles. The molecule has 0 aromatic rings. The van der Waals surface area contributed by atoms with E-state index in [1.165, 1.54) is 25.7 Å². The molecule has 0 N–H and O–H groups in total. The molecule has 1 fully saturated rings. The Morgan fingerprint density at radius 3 is 3.33 bits per heavy atom. The van der Waals surface area contributed by atoms with Crippen molar-refractivity contribution in [1.82, 2.24) is 0 Å². The van der Waals surface area contributed by atoms with E-state index in [0.29, 0.717) is 0 Å². The van der Waals surface area contributed by atoms with Gasteiger partial charge in [0.15, 0.2) is 0 Å². The van der Waals surface area contributed by atoms with E-state index in [-0.39, 0.29) is 0 Å². The summed E-state index contributed by atoms with van der Waals surface area (Å²) in [4.78, 5) is 0. The molecule has 12 heavy (non-hydrogen) atoms. The molecule has 1 unspecified atom stereocenters. The van der Waals surface area contributed by atoms with Crippen molar-refractivity contribution in [2.45, 2.75) is 32.6 Å². The lowest BCUT2D eigenvalue weighted by Gasteiger charge is -2.16. The second kappa shape index (κ2) is 3.34. The van der Waals surface area contributed by atoms with Gasteiger partial charge in [-0.15, -0.1) is 0 Å². The molecule has 2 aliphatic rings. The van der Waals surface area contributed by atoms with Crippen LogP contribution in [0.1, 0.15) is 32.6 Å². The van der Waals surface area contributed by atoms with Gasteiger partial charge in [-0.3, -0.25) is 0 Å². The largest absolute Gasteiger partial charge is 0.494 e. The maximum atomic E-state index is 5.48. The molecule has 1 saturated carbocycles. The Morgan fingerprint density at radius 1 is 1.58 bits per heavy atom. The number of hydrogen-bond donors (Lipinski definition) is 0. The molecule has 1 atom stereocenters. The quantitative estimate of drug-likeness (QED) is 0.609.